The van der Waals surface area contributed by atoms with Crippen molar-refractivity contribution in [1.29, 1.82) is 0 Å². The van der Waals surface area contributed by atoms with Crippen LogP contribution in [0, 0.1) is 0 Å². The molecular weight excluding hydrogens is 356 g/mol. The summed E-state index contributed by atoms with van der Waals surface area (Å²) < 4.78 is 27.5. The van der Waals surface area contributed by atoms with Gasteiger partial charge in [0.2, 0.25) is 0 Å². The smallest absolute Gasteiger partial charge is 0.262 e. The molecule has 3 N–H and O–H groups in total. The predicted octanol–water partition coefficient (Wildman–Crippen LogP) is 2.78. The van der Waals surface area contributed by atoms with E-state index in [2.05, 4.69) is 20.3 Å². The van der Waals surface area contributed by atoms with Crippen LogP contribution in [0.3, 0.4) is 0 Å². The van der Waals surface area contributed by atoms with Crippen molar-refractivity contribution < 1.29 is 8.42 Å². The van der Waals surface area contributed by atoms with Crippen molar-refractivity contribution in [2.75, 3.05) is 11.9 Å². The van der Waals surface area contributed by atoms with Crippen LogP contribution in [0.4, 0.5) is 5.69 Å². The molecule has 3 rings (SSSR count). The highest BCUT2D eigenvalue weighted by molar-refractivity contribution is 7.90. The molecule has 1 aromatic carbocycles. The molecule has 0 atom stereocenters. The van der Waals surface area contributed by atoms with Crippen molar-refractivity contribution in [2.24, 2.45) is 4.99 Å². The Labute approximate surface area is 154 Å². The molecule has 0 unspecified atom stereocenters. The summed E-state index contributed by atoms with van der Waals surface area (Å²) in [7, 11) is -3.61. The lowest BCUT2D eigenvalue weighted by molar-refractivity contribution is 0.415. The van der Waals surface area contributed by atoms with Crippen LogP contribution in [0.5, 0.6) is 0 Å². The second-order valence-corrected chi connectivity index (χ2v) is 8.59. The van der Waals surface area contributed by atoms with E-state index in [4.69, 9.17) is 12.2 Å². The van der Waals surface area contributed by atoms with E-state index in [0.29, 0.717) is 35.6 Å². The number of sulfonamides is 1. The molecule has 0 amide bonds. The number of aliphatic imine (C=N–C) groups is 1. The number of nitrogens with zero attached hydrogens (tertiary/aromatic N) is 1. The Balaban J connectivity index is 1.63. The Kier molecular flexibility index (Phi) is 5.90. The maximum Gasteiger partial charge on any atom is 0.262 e. The van der Waals surface area contributed by atoms with E-state index in [-0.39, 0.29) is 4.90 Å². The monoisotopic (exact) mass is 380 g/mol. The van der Waals surface area contributed by atoms with Gasteiger partial charge in [-0.2, -0.15) is 0 Å². The molecule has 2 aliphatic rings. The number of nitrogens with one attached hydrogen (secondary N) is 3. The molecule has 1 heterocycles. The molecule has 0 radical (unpaired) electrons. The summed E-state index contributed by atoms with van der Waals surface area (Å²) in [4.78, 5) is 4.36. The molecule has 0 spiro atoms. The van der Waals surface area contributed by atoms with Crippen LogP contribution in [0.2, 0.25) is 0 Å². The first-order valence-corrected chi connectivity index (χ1v) is 10.7. The van der Waals surface area contributed by atoms with Gasteiger partial charge in [-0.3, -0.25) is 9.71 Å². The third-order valence-electron chi connectivity index (χ3n) is 4.47. The normalized spacial score (nSPS) is 18.5. The quantitative estimate of drug-likeness (QED) is 0.700. The molecule has 136 valence electrons. The minimum absolute atomic E-state index is 0.201. The van der Waals surface area contributed by atoms with Crippen LogP contribution in [0.15, 0.2) is 34.2 Å². The zero-order chi connectivity index (χ0) is 17.7. The van der Waals surface area contributed by atoms with Crippen molar-refractivity contribution in [1.82, 2.24) is 10.0 Å². The lowest BCUT2D eigenvalue weighted by Gasteiger charge is -2.24. The third kappa shape index (κ3) is 5.15. The van der Waals surface area contributed by atoms with E-state index in [9.17, 15) is 8.42 Å². The molecule has 6 nitrogen and oxygen atoms in total. The highest BCUT2D eigenvalue weighted by Crippen LogP contribution is 2.19. The molecule has 1 fully saturated rings. The van der Waals surface area contributed by atoms with E-state index in [1.807, 2.05) is 0 Å². The van der Waals surface area contributed by atoms with Crippen molar-refractivity contribution in [3.8, 4) is 0 Å². The largest absolute Gasteiger partial charge is 0.360 e. The van der Waals surface area contributed by atoms with Gasteiger partial charge in [0.1, 0.15) is 5.84 Å². The molecule has 1 aliphatic carbocycles. The Hall–Kier alpha value is -1.67. The third-order valence-corrected chi connectivity index (χ3v) is 6.07. The zero-order valence-corrected chi connectivity index (χ0v) is 15.8. The highest BCUT2D eigenvalue weighted by atomic mass is 32.2. The summed E-state index contributed by atoms with van der Waals surface area (Å²) in [6.07, 6.45) is 7.56. The molecule has 1 aliphatic heterocycles. The fourth-order valence-corrected chi connectivity index (χ4v) is 4.60. The number of amidine groups is 1. The van der Waals surface area contributed by atoms with Gasteiger partial charge >= 0.3 is 0 Å². The minimum Gasteiger partial charge on any atom is -0.360 e. The van der Waals surface area contributed by atoms with Crippen LogP contribution in [-0.4, -0.2) is 32.0 Å². The van der Waals surface area contributed by atoms with E-state index >= 15 is 0 Å². The Morgan fingerprint density at radius 1 is 1.16 bits per heavy atom. The van der Waals surface area contributed by atoms with Gasteiger partial charge in [-0.1, -0.05) is 25.3 Å². The highest BCUT2D eigenvalue weighted by Gasteiger charge is 2.19. The second kappa shape index (κ2) is 8.14. The first-order valence-electron chi connectivity index (χ1n) is 8.77. The second-order valence-electron chi connectivity index (χ2n) is 6.50. The average molecular weight is 381 g/mol. The van der Waals surface area contributed by atoms with Crippen LogP contribution in [-0.2, 0) is 10.0 Å². The van der Waals surface area contributed by atoms with E-state index < -0.39 is 10.0 Å². The lowest BCUT2D eigenvalue weighted by Crippen LogP contribution is -2.38. The van der Waals surface area contributed by atoms with E-state index in [0.717, 1.165) is 19.3 Å². The van der Waals surface area contributed by atoms with Gasteiger partial charge in [-0.25, -0.2) is 8.42 Å². The Morgan fingerprint density at radius 3 is 2.68 bits per heavy atom. The molecule has 0 saturated heterocycles. The molecule has 1 saturated carbocycles. The SMILES string of the molecule is O=S(=O)(NC1=NCCC1)c1cccc(NC(=S)NC2CCCCC2)c1. The number of hydrogen-bond acceptors (Lipinski definition) is 4. The van der Waals surface area contributed by atoms with Crippen molar-refractivity contribution in [2.45, 2.75) is 55.9 Å². The maximum absolute atomic E-state index is 12.5. The summed E-state index contributed by atoms with van der Waals surface area (Å²) in [6, 6.07) is 7.08. The van der Waals surface area contributed by atoms with Crippen LogP contribution in [0.1, 0.15) is 44.9 Å². The van der Waals surface area contributed by atoms with Gasteiger partial charge in [0.05, 0.1) is 4.90 Å². The lowest BCUT2D eigenvalue weighted by atomic mass is 9.96. The van der Waals surface area contributed by atoms with Crippen LogP contribution in [0.25, 0.3) is 0 Å². The number of thiocarbonyl (C=S) groups is 1. The topological polar surface area (TPSA) is 82.6 Å². The fourth-order valence-electron chi connectivity index (χ4n) is 3.18. The fraction of sp³-hybridized carbons (Fsp3) is 0.529. The molecule has 1 aromatic rings. The van der Waals surface area contributed by atoms with Gasteiger partial charge < -0.3 is 10.6 Å². The van der Waals surface area contributed by atoms with Gasteiger partial charge in [0, 0.05) is 24.7 Å². The molecule has 8 heteroatoms. The predicted molar refractivity (Wildman–Crippen MR) is 105 cm³/mol. The summed E-state index contributed by atoms with van der Waals surface area (Å²) in [5.41, 5.74) is 0.657. The summed E-state index contributed by atoms with van der Waals surface area (Å²) in [6.45, 7) is 0.681. The van der Waals surface area contributed by atoms with Crippen molar-refractivity contribution >= 4 is 38.9 Å². The van der Waals surface area contributed by atoms with Gasteiger partial charge in [0.15, 0.2) is 5.11 Å². The van der Waals surface area contributed by atoms with E-state index in [1.165, 1.54) is 19.3 Å². The summed E-state index contributed by atoms with van der Waals surface area (Å²) in [5.74, 6) is 0.535. The van der Waals surface area contributed by atoms with Crippen molar-refractivity contribution in [3.05, 3.63) is 24.3 Å². The van der Waals surface area contributed by atoms with E-state index in [1.54, 1.807) is 24.3 Å². The zero-order valence-electron chi connectivity index (χ0n) is 14.1. The summed E-state index contributed by atoms with van der Waals surface area (Å²) >= 11 is 5.36. The Morgan fingerprint density at radius 2 is 1.96 bits per heavy atom. The van der Waals surface area contributed by atoms with Crippen LogP contribution < -0.4 is 15.4 Å². The number of hydrogen-bond donors (Lipinski definition) is 3. The molecular formula is C17H24N4O2S2. The van der Waals surface area contributed by atoms with Crippen LogP contribution >= 0.6 is 12.2 Å². The minimum atomic E-state index is -3.61. The van der Waals surface area contributed by atoms with Crippen molar-refractivity contribution in [3.63, 3.8) is 0 Å². The molecule has 25 heavy (non-hydrogen) atoms. The summed E-state index contributed by atoms with van der Waals surface area (Å²) in [5, 5.41) is 6.95. The molecule has 0 aromatic heterocycles. The molecule has 0 bridgehead atoms. The van der Waals surface area contributed by atoms with Gasteiger partial charge in [-0.15, -0.1) is 0 Å². The van der Waals surface area contributed by atoms with Gasteiger partial charge in [0.25, 0.3) is 10.0 Å². The average Bonchev–Trinajstić information content (AvgIpc) is 3.08. The maximum atomic E-state index is 12.5. The van der Waals surface area contributed by atoms with Gasteiger partial charge in [-0.05, 0) is 49.7 Å². The number of rotatable bonds is 4. The number of anilines is 1. The first kappa shape index (κ1) is 18.1. The number of benzene rings is 1. The first-order chi connectivity index (χ1) is 12.0. The standard InChI is InChI=1S/C17H24N4O2S2/c22-25(23,21-16-10-5-11-18-16)15-9-4-8-14(12-15)20-17(24)19-13-6-2-1-3-7-13/h4,8-9,12-13H,1-3,5-7,10-11H2,(H,18,21)(H2,19,20,24). The Bertz CT molecular complexity index is 756.